The van der Waals surface area contributed by atoms with Gasteiger partial charge in [-0.05, 0) is 57.0 Å². The van der Waals surface area contributed by atoms with Crippen molar-refractivity contribution < 1.29 is 19.1 Å². The van der Waals surface area contributed by atoms with Crippen molar-refractivity contribution >= 4 is 46.8 Å². The number of esters is 1. The molecule has 1 heterocycles. The molecular weight excluding hydrogens is 526 g/mol. The summed E-state index contributed by atoms with van der Waals surface area (Å²) in [6, 6.07) is 13.1. The van der Waals surface area contributed by atoms with E-state index in [1.54, 1.807) is 62.4 Å². The lowest BCUT2D eigenvalue weighted by Gasteiger charge is -2.22. The molecule has 38 heavy (non-hydrogen) atoms. The Morgan fingerprint density at radius 1 is 1.05 bits per heavy atom. The minimum atomic E-state index is -0.449. The summed E-state index contributed by atoms with van der Waals surface area (Å²) in [6.45, 7) is 10.0. The van der Waals surface area contributed by atoms with Gasteiger partial charge >= 0.3 is 5.97 Å². The fourth-order valence-electron chi connectivity index (χ4n) is 3.66. The number of ether oxygens (including phenoxy) is 1. The number of thioether (sulfide) groups is 1. The highest BCUT2D eigenvalue weighted by atomic mass is 35.5. The summed E-state index contributed by atoms with van der Waals surface area (Å²) in [7, 11) is 0. The van der Waals surface area contributed by atoms with Crippen LogP contribution in [0.1, 0.15) is 67.2 Å². The SMILES string of the molecule is CCn1c(SCC(=O)Nc2cccc(C(=O)OC(C)C)c2)nnc1[C@@H](NC(=O)c1ccccc1Cl)C(C)C. The van der Waals surface area contributed by atoms with Gasteiger partial charge in [-0.3, -0.25) is 9.59 Å². The molecule has 2 amide bonds. The van der Waals surface area contributed by atoms with Crippen LogP contribution < -0.4 is 10.6 Å². The van der Waals surface area contributed by atoms with Gasteiger partial charge in [-0.15, -0.1) is 10.2 Å². The van der Waals surface area contributed by atoms with Crippen molar-refractivity contribution in [3.05, 3.63) is 70.5 Å². The molecule has 0 aliphatic heterocycles. The molecule has 0 fully saturated rings. The first-order valence-corrected chi connectivity index (χ1v) is 13.7. The van der Waals surface area contributed by atoms with Gasteiger partial charge in [0, 0.05) is 12.2 Å². The van der Waals surface area contributed by atoms with E-state index in [-0.39, 0.29) is 29.6 Å². The Morgan fingerprint density at radius 3 is 2.45 bits per heavy atom. The molecule has 0 aliphatic carbocycles. The van der Waals surface area contributed by atoms with Crippen LogP contribution in [0.15, 0.2) is 53.7 Å². The van der Waals surface area contributed by atoms with Crippen molar-refractivity contribution in [3.63, 3.8) is 0 Å². The van der Waals surface area contributed by atoms with Gasteiger partial charge in [0.25, 0.3) is 5.91 Å². The molecule has 0 aliphatic rings. The molecule has 3 aromatic rings. The average molecular weight is 558 g/mol. The second-order valence-electron chi connectivity index (χ2n) is 9.13. The summed E-state index contributed by atoms with van der Waals surface area (Å²) in [5, 5.41) is 15.4. The normalized spacial score (nSPS) is 11.9. The Labute approximate surface area is 231 Å². The van der Waals surface area contributed by atoms with E-state index in [1.165, 1.54) is 11.8 Å². The third kappa shape index (κ3) is 7.58. The van der Waals surface area contributed by atoms with Crippen LogP contribution in [0.3, 0.4) is 0 Å². The molecule has 9 nitrogen and oxygen atoms in total. The predicted octanol–water partition coefficient (Wildman–Crippen LogP) is 5.37. The maximum atomic E-state index is 12.9. The Kier molecular flexibility index (Phi) is 10.3. The van der Waals surface area contributed by atoms with Gasteiger partial charge < -0.3 is 19.9 Å². The zero-order valence-corrected chi connectivity index (χ0v) is 23.6. The summed E-state index contributed by atoms with van der Waals surface area (Å²) in [5.41, 5.74) is 1.24. The van der Waals surface area contributed by atoms with E-state index in [9.17, 15) is 14.4 Å². The molecule has 1 aromatic heterocycles. The van der Waals surface area contributed by atoms with E-state index in [1.807, 2.05) is 25.3 Å². The Hall–Kier alpha value is -3.37. The van der Waals surface area contributed by atoms with Crippen LogP contribution in [-0.2, 0) is 16.1 Å². The smallest absolute Gasteiger partial charge is 0.338 e. The van der Waals surface area contributed by atoms with E-state index < -0.39 is 12.0 Å². The lowest BCUT2D eigenvalue weighted by atomic mass is 10.0. The molecule has 0 bridgehead atoms. The molecule has 0 unspecified atom stereocenters. The van der Waals surface area contributed by atoms with E-state index >= 15 is 0 Å². The highest BCUT2D eigenvalue weighted by Gasteiger charge is 2.27. The topological polar surface area (TPSA) is 115 Å². The number of nitrogens with one attached hydrogen (secondary N) is 2. The minimum Gasteiger partial charge on any atom is -0.459 e. The maximum Gasteiger partial charge on any atom is 0.338 e. The molecule has 11 heteroatoms. The van der Waals surface area contributed by atoms with Crippen molar-refractivity contribution in [3.8, 4) is 0 Å². The van der Waals surface area contributed by atoms with E-state index in [0.29, 0.717) is 39.4 Å². The fraction of sp³-hybridized carbons (Fsp3) is 0.370. The van der Waals surface area contributed by atoms with Gasteiger partial charge in [0.05, 0.1) is 34.0 Å². The Morgan fingerprint density at radius 2 is 1.79 bits per heavy atom. The van der Waals surface area contributed by atoms with Crippen molar-refractivity contribution in [1.29, 1.82) is 0 Å². The first-order valence-electron chi connectivity index (χ1n) is 12.3. The fourth-order valence-corrected chi connectivity index (χ4v) is 4.69. The second-order valence-corrected chi connectivity index (χ2v) is 10.5. The Bertz CT molecular complexity index is 1290. The predicted molar refractivity (Wildman–Crippen MR) is 149 cm³/mol. The van der Waals surface area contributed by atoms with Gasteiger partial charge in [-0.25, -0.2) is 4.79 Å². The van der Waals surface area contributed by atoms with Crippen LogP contribution in [-0.4, -0.2) is 44.4 Å². The second kappa shape index (κ2) is 13.4. The molecule has 1 atom stereocenters. The molecule has 0 radical (unpaired) electrons. The number of aromatic nitrogens is 3. The number of anilines is 1. The number of halogens is 1. The van der Waals surface area contributed by atoms with Crippen molar-refractivity contribution in [1.82, 2.24) is 20.1 Å². The molecule has 0 saturated carbocycles. The minimum absolute atomic E-state index is 0.0201. The third-order valence-electron chi connectivity index (χ3n) is 5.47. The molecule has 2 N–H and O–H groups in total. The van der Waals surface area contributed by atoms with Gasteiger partial charge in [0.2, 0.25) is 5.91 Å². The molecular formula is C27H32ClN5O4S. The zero-order chi connectivity index (χ0) is 27.8. The lowest BCUT2D eigenvalue weighted by molar-refractivity contribution is -0.113. The number of rotatable bonds is 11. The van der Waals surface area contributed by atoms with Gasteiger partial charge in [0.15, 0.2) is 11.0 Å². The van der Waals surface area contributed by atoms with Crippen molar-refractivity contribution in [2.24, 2.45) is 5.92 Å². The number of hydrogen-bond acceptors (Lipinski definition) is 7. The quantitative estimate of drug-likeness (QED) is 0.240. The van der Waals surface area contributed by atoms with Crippen LogP contribution in [0.2, 0.25) is 5.02 Å². The van der Waals surface area contributed by atoms with Gasteiger partial charge in [-0.1, -0.05) is 55.4 Å². The van der Waals surface area contributed by atoms with Crippen molar-refractivity contribution in [2.45, 2.75) is 58.5 Å². The van der Waals surface area contributed by atoms with Crippen LogP contribution in [0, 0.1) is 5.92 Å². The summed E-state index contributed by atoms with van der Waals surface area (Å²) < 4.78 is 7.10. The lowest BCUT2D eigenvalue weighted by Crippen LogP contribution is -2.34. The van der Waals surface area contributed by atoms with Crippen LogP contribution in [0.5, 0.6) is 0 Å². The Balaban J connectivity index is 1.68. The van der Waals surface area contributed by atoms with Crippen LogP contribution in [0.4, 0.5) is 5.69 Å². The van der Waals surface area contributed by atoms with Crippen LogP contribution >= 0.6 is 23.4 Å². The number of amides is 2. The standard InChI is InChI=1S/C27H32ClN5O4S/c1-6-33-24(23(16(2)3)30-25(35)20-12-7-8-13-21(20)28)31-32-27(33)38-15-22(34)29-19-11-9-10-18(14-19)26(36)37-17(4)5/h7-14,16-17,23H,6,15H2,1-5H3,(H,29,34)(H,30,35)/t23-/m0/s1. The summed E-state index contributed by atoms with van der Waals surface area (Å²) in [4.78, 5) is 37.7. The molecule has 2 aromatic carbocycles. The molecule has 0 saturated heterocycles. The highest BCUT2D eigenvalue weighted by Crippen LogP contribution is 2.26. The monoisotopic (exact) mass is 557 g/mol. The average Bonchev–Trinajstić information content (AvgIpc) is 3.28. The van der Waals surface area contributed by atoms with Gasteiger partial charge in [-0.2, -0.15) is 0 Å². The largest absolute Gasteiger partial charge is 0.459 e. The van der Waals surface area contributed by atoms with E-state index in [4.69, 9.17) is 16.3 Å². The molecule has 202 valence electrons. The number of benzene rings is 2. The van der Waals surface area contributed by atoms with E-state index in [2.05, 4.69) is 20.8 Å². The first kappa shape index (κ1) is 29.2. The van der Waals surface area contributed by atoms with E-state index in [0.717, 1.165) is 0 Å². The number of carbonyl (C=O) groups excluding carboxylic acids is 3. The summed E-state index contributed by atoms with van der Waals surface area (Å²) in [5.74, 6) is -0.307. The highest BCUT2D eigenvalue weighted by molar-refractivity contribution is 7.99. The van der Waals surface area contributed by atoms with Gasteiger partial charge in [0.1, 0.15) is 0 Å². The van der Waals surface area contributed by atoms with Crippen molar-refractivity contribution in [2.75, 3.05) is 11.1 Å². The summed E-state index contributed by atoms with van der Waals surface area (Å²) in [6.07, 6.45) is -0.238. The molecule has 3 rings (SSSR count). The zero-order valence-electron chi connectivity index (χ0n) is 22.0. The number of carbonyl (C=O) groups is 3. The first-order chi connectivity index (χ1) is 18.1. The molecule has 0 spiro atoms. The third-order valence-corrected chi connectivity index (χ3v) is 6.77. The van der Waals surface area contributed by atoms with Crippen LogP contribution in [0.25, 0.3) is 0 Å². The number of hydrogen-bond donors (Lipinski definition) is 2. The maximum absolute atomic E-state index is 12.9. The summed E-state index contributed by atoms with van der Waals surface area (Å²) >= 11 is 7.44. The number of nitrogens with zero attached hydrogens (tertiary/aromatic N) is 3.